The van der Waals surface area contributed by atoms with Crippen molar-refractivity contribution in [2.24, 2.45) is 0 Å². The molecule has 0 radical (unpaired) electrons. The van der Waals surface area contributed by atoms with Crippen LogP contribution in [0.5, 0.6) is 11.5 Å². The molecule has 0 saturated heterocycles. The van der Waals surface area contributed by atoms with Gasteiger partial charge in [0.05, 0.1) is 12.3 Å². The van der Waals surface area contributed by atoms with Gasteiger partial charge in [-0.3, -0.25) is 0 Å². The zero-order valence-electron chi connectivity index (χ0n) is 11.9. The summed E-state index contributed by atoms with van der Waals surface area (Å²) in [6, 6.07) is 7.68. The maximum absolute atomic E-state index is 5.74. The molecule has 0 fully saturated rings. The molecule has 1 aromatic carbocycles. The van der Waals surface area contributed by atoms with Gasteiger partial charge in [-0.15, -0.1) is 11.3 Å². The van der Waals surface area contributed by atoms with Crippen molar-refractivity contribution in [1.82, 2.24) is 10.3 Å². The molecule has 0 amide bonds. The van der Waals surface area contributed by atoms with E-state index in [0.717, 1.165) is 35.3 Å². The second kappa shape index (κ2) is 7.87. The van der Waals surface area contributed by atoms with Gasteiger partial charge in [0.15, 0.2) is 0 Å². The maximum Gasteiger partial charge on any atom is 0.131 e. The van der Waals surface area contributed by atoms with Crippen LogP contribution in [0.1, 0.15) is 24.5 Å². The average molecular weight is 292 g/mol. The highest BCUT2D eigenvalue weighted by Crippen LogP contribution is 2.20. The quantitative estimate of drug-likeness (QED) is 0.811. The van der Waals surface area contributed by atoms with Crippen LogP contribution < -0.4 is 14.8 Å². The van der Waals surface area contributed by atoms with E-state index in [0.29, 0.717) is 13.2 Å². The van der Waals surface area contributed by atoms with Crippen LogP contribution in [0.3, 0.4) is 0 Å². The summed E-state index contributed by atoms with van der Waals surface area (Å²) in [5, 5.41) is 6.40. The molecule has 1 N–H and O–H groups in total. The summed E-state index contributed by atoms with van der Waals surface area (Å²) < 4.78 is 11.2. The standard InChI is InChI=1S/C15H20N2O2S/c1-3-16-9-15-17-12(11-20-15)10-19-14-7-5-6-13(8-14)18-4-2/h5-8,11,16H,3-4,9-10H2,1-2H3. The van der Waals surface area contributed by atoms with Gasteiger partial charge in [-0.05, 0) is 25.6 Å². The minimum absolute atomic E-state index is 0.484. The summed E-state index contributed by atoms with van der Waals surface area (Å²) in [7, 11) is 0. The van der Waals surface area contributed by atoms with Crippen molar-refractivity contribution in [3.63, 3.8) is 0 Å². The Morgan fingerprint density at radius 1 is 1.20 bits per heavy atom. The van der Waals surface area contributed by atoms with Crippen LogP contribution in [0.4, 0.5) is 0 Å². The largest absolute Gasteiger partial charge is 0.494 e. The maximum atomic E-state index is 5.74. The summed E-state index contributed by atoms with van der Waals surface area (Å²) in [4.78, 5) is 4.52. The summed E-state index contributed by atoms with van der Waals surface area (Å²) in [6.07, 6.45) is 0. The number of thiazole rings is 1. The predicted molar refractivity (Wildman–Crippen MR) is 81.4 cm³/mol. The third-order valence-electron chi connectivity index (χ3n) is 2.63. The van der Waals surface area contributed by atoms with E-state index >= 15 is 0 Å². The number of nitrogens with one attached hydrogen (secondary N) is 1. The zero-order valence-corrected chi connectivity index (χ0v) is 12.7. The Labute approximate surface area is 123 Å². The van der Waals surface area contributed by atoms with Crippen molar-refractivity contribution < 1.29 is 9.47 Å². The van der Waals surface area contributed by atoms with E-state index in [1.54, 1.807) is 11.3 Å². The first-order chi connectivity index (χ1) is 9.81. The van der Waals surface area contributed by atoms with Crippen LogP contribution in [0, 0.1) is 0 Å². The molecule has 0 aliphatic carbocycles. The lowest BCUT2D eigenvalue weighted by Gasteiger charge is -2.07. The first-order valence-corrected chi connectivity index (χ1v) is 7.69. The summed E-state index contributed by atoms with van der Waals surface area (Å²) in [5.41, 5.74) is 0.963. The summed E-state index contributed by atoms with van der Waals surface area (Å²) in [5.74, 6) is 1.63. The molecular formula is C15H20N2O2S. The van der Waals surface area contributed by atoms with Crippen molar-refractivity contribution in [2.45, 2.75) is 27.0 Å². The molecule has 1 heterocycles. The highest BCUT2D eigenvalue weighted by atomic mass is 32.1. The Balaban J connectivity index is 1.88. The van der Waals surface area contributed by atoms with E-state index in [4.69, 9.17) is 9.47 Å². The molecule has 4 nitrogen and oxygen atoms in total. The van der Waals surface area contributed by atoms with Gasteiger partial charge < -0.3 is 14.8 Å². The lowest BCUT2D eigenvalue weighted by Crippen LogP contribution is -2.11. The van der Waals surface area contributed by atoms with Gasteiger partial charge >= 0.3 is 0 Å². The van der Waals surface area contributed by atoms with Gasteiger partial charge in [0.25, 0.3) is 0 Å². The van der Waals surface area contributed by atoms with Gasteiger partial charge in [0, 0.05) is 18.0 Å². The Morgan fingerprint density at radius 3 is 2.75 bits per heavy atom. The van der Waals surface area contributed by atoms with Crippen molar-refractivity contribution >= 4 is 11.3 Å². The molecular weight excluding hydrogens is 272 g/mol. The Hall–Kier alpha value is -1.59. The second-order valence-corrected chi connectivity index (χ2v) is 5.15. The summed E-state index contributed by atoms with van der Waals surface area (Å²) >= 11 is 1.66. The van der Waals surface area contributed by atoms with Gasteiger partial charge in [-0.2, -0.15) is 0 Å². The van der Waals surface area contributed by atoms with Crippen molar-refractivity contribution in [1.29, 1.82) is 0 Å². The average Bonchev–Trinajstić information content (AvgIpc) is 2.92. The SMILES string of the molecule is CCNCc1nc(COc2cccc(OCC)c2)cs1. The topological polar surface area (TPSA) is 43.4 Å². The molecule has 2 rings (SSSR count). The first kappa shape index (κ1) is 14.8. The van der Waals surface area contributed by atoms with Crippen LogP contribution >= 0.6 is 11.3 Å². The predicted octanol–water partition coefficient (Wildman–Crippen LogP) is 3.23. The van der Waals surface area contributed by atoms with Gasteiger partial charge in [-0.25, -0.2) is 4.98 Å². The van der Waals surface area contributed by atoms with Crippen LogP contribution in [0.15, 0.2) is 29.6 Å². The third kappa shape index (κ3) is 4.51. The molecule has 108 valence electrons. The minimum atomic E-state index is 0.484. The minimum Gasteiger partial charge on any atom is -0.494 e. The van der Waals surface area contributed by atoms with E-state index in [9.17, 15) is 0 Å². The lowest BCUT2D eigenvalue weighted by atomic mass is 10.3. The van der Waals surface area contributed by atoms with E-state index in [2.05, 4.69) is 17.2 Å². The molecule has 0 unspecified atom stereocenters. The molecule has 0 aliphatic rings. The highest BCUT2D eigenvalue weighted by molar-refractivity contribution is 7.09. The van der Waals surface area contributed by atoms with Crippen molar-refractivity contribution in [3.05, 3.63) is 40.3 Å². The number of hydrogen-bond acceptors (Lipinski definition) is 5. The number of aromatic nitrogens is 1. The Kier molecular flexibility index (Phi) is 5.83. The normalized spacial score (nSPS) is 10.5. The molecule has 0 spiro atoms. The van der Waals surface area contributed by atoms with Crippen LogP contribution in [-0.2, 0) is 13.2 Å². The fourth-order valence-corrected chi connectivity index (χ4v) is 2.45. The molecule has 0 saturated carbocycles. The van der Waals surface area contributed by atoms with E-state index in [1.807, 2.05) is 36.6 Å². The third-order valence-corrected chi connectivity index (χ3v) is 3.53. The molecule has 1 aromatic heterocycles. The van der Waals surface area contributed by atoms with Crippen LogP contribution in [0.25, 0.3) is 0 Å². The number of nitrogens with zero attached hydrogens (tertiary/aromatic N) is 1. The van der Waals surface area contributed by atoms with E-state index < -0.39 is 0 Å². The number of hydrogen-bond donors (Lipinski definition) is 1. The molecule has 0 aliphatic heterocycles. The van der Waals surface area contributed by atoms with Crippen molar-refractivity contribution in [3.8, 4) is 11.5 Å². The molecule has 20 heavy (non-hydrogen) atoms. The van der Waals surface area contributed by atoms with Crippen LogP contribution in [0.2, 0.25) is 0 Å². The molecule has 0 bridgehead atoms. The van der Waals surface area contributed by atoms with Crippen molar-refractivity contribution in [2.75, 3.05) is 13.2 Å². The lowest BCUT2D eigenvalue weighted by molar-refractivity contribution is 0.296. The van der Waals surface area contributed by atoms with Gasteiger partial charge in [0.2, 0.25) is 0 Å². The number of benzene rings is 1. The molecule has 0 atom stereocenters. The smallest absolute Gasteiger partial charge is 0.131 e. The van der Waals surface area contributed by atoms with E-state index in [1.165, 1.54) is 0 Å². The first-order valence-electron chi connectivity index (χ1n) is 6.81. The van der Waals surface area contributed by atoms with E-state index in [-0.39, 0.29) is 0 Å². The number of rotatable bonds is 8. The highest BCUT2D eigenvalue weighted by Gasteiger charge is 2.03. The zero-order chi connectivity index (χ0) is 14.2. The molecule has 5 heteroatoms. The van der Waals surface area contributed by atoms with Gasteiger partial charge in [-0.1, -0.05) is 13.0 Å². The second-order valence-electron chi connectivity index (χ2n) is 4.21. The fourth-order valence-electron chi connectivity index (χ4n) is 1.71. The molecule has 2 aromatic rings. The van der Waals surface area contributed by atoms with Crippen LogP contribution in [-0.4, -0.2) is 18.1 Å². The summed E-state index contributed by atoms with van der Waals surface area (Å²) in [6.45, 7) is 6.97. The fraction of sp³-hybridized carbons (Fsp3) is 0.400. The Morgan fingerprint density at radius 2 is 2.00 bits per heavy atom. The van der Waals surface area contributed by atoms with Gasteiger partial charge in [0.1, 0.15) is 23.1 Å². The number of ether oxygens (including phenoxy) is 2. The monoisotopic (exact) mass is 292 g/mol. The Bertz CT molecular complexity index is 528.